The molecule has 1 aromatic carbocycles. The summed E-state index contributed by atoms with van der Waals surface area (Å²) >= 11 is 0. The third-order valence-electron chi connectivity index (χ3n) is 8.44. The average Bonchev–Trinajstić information content (AvgIpc) is 2.98. The lowest BCUT2D eigenvalue weighted by molar-refractivity contribution is -0.116. The number of amides is 4. The lowest BCUT2D eigenvalue weighted by atomic mass is 9.96. The van der Waals surface area contributed by atoms with Crippen LogP contribution in [-0.2, 0) is 9.53 Å². The van der Waals surface area contributed by atoms with Crippen molar-refractivity contribution >= 4 is 23.5 Å². The molecule has 2 aliphatic heterocycles. The van der Waals surface area contributed by atoms with Crippen LogP contribution in [0.15, 0.2) is 18.2 Å². The van der Waals surface area contributed by atoms with E-state index in [9.17, 15) is 19.5 Å². The molecular formula is C30H47N5O6. The molecule has 41 heavy (non-hydrogen) atoms. The number of hydrogen-bond donors (Lipinski definition) is 3. The first-order valence-corrected chi connectivity index (χ1v) is 15.1. The number of anilines is 1. The van der Waals surface area contributed by atoms with Gasteiger partial charge in [-0.3, -0.25) is 14.5 Å². The van der Waals surface area contributed by atoms with Gasteiger partial charge in [-0.25, -0.2) is 4.79 Å². The average molecular weight is 574 g/mol. The molecule has 3 atom stereocenters. The monoisotopic (exact) mass is 573 g/mol. The van der Waals surface area contributed by atoms with Crippen LogP contribution in [0.4, 0.5) is 10.5 Å². The summed E-state index contributed by atoms with van der Waals surface area (Å²) in [5.41, 5.74) is 0.834. The molecule has 0 radical (unpaired) electrons. The molecule has 11 heteroatoms. The fourth-order valence-corrected chi connectivity index (χ4v) is 5.71. The highest BCUT2D eigenvalue weighted by Gasteiger charge is 2.34. The van der Waals surface area contributed by atoms with Crippen LogP contribution in [0.25, 0.3) is 0 Å². The molecule has 228 valence electrons. The van der Waals surface area contributed by atoms with E-state index in [-0.39, 0.29) is 42.5 Å². The number of fused-ring (bicyclic) bond motifs is 1. The number of benzene rings is 1. The molecule has 4 rings (SSSR count). The second-order valence-electron chi connectivity index (χ2n) is 11.8. The van der Waals surface area contributed by atoms with E-state index in [1.807, 2.05) is 13.8 Å². The number of aliphatic hydroxyl groups is 1. The van der Waals surface area contributed by atoms with Gasteiger partial charge in [-0.1, -0.05) is 26.2 Å². The summed E-state index contributed by atoms with van der Waals surface area (Å²) in [6, 6.07) is 4.77. The van der Waals surface area contributed by atoms with Gasteiger partial charge < -0.3 is 35.0 Å². The molecule has 1 aliphatic carbocycles. The van der Waals surface area contributed by atoms with E-state index in [1.54, 1.807) is 35.0 Å². The number of likely N-dealkylation sites (N-methyl/N-ethyl adjacent to an activating group) is 1. The van der Waals surface area contributed by atoms with Gasteiger partial charge in [0.15, 0.2) is 0 Å². The molecule has 0 aromatic heterocycles. The Labute approximate surface area is 243 Å². The number of morpholine rings is 1. The zero-order chi connectivity index (χ0) is 29.4. The first-order valence-electron chi connectivity index (χ1n) is 15.1. The summed E-state index contributed by atoms with van der Waals surface area (Å²) in [5.74, 6) is -0.104. The number of aliphatic hydroxyl groups excluding tert-OH is 1. The Morgan fingerprint density at radius 2 is 1.90 bits per heavy atom. The van der Waals surface area contributed by atoms with Crippen molar-refractivity contribution < 1.29 is 29.0 Å². The number of carbonyl (C=O) groups excluding carboxylic acids is 3. The minimum atomic E-state index is -0.407. The predicted octanol–water partition coefficient (Wildman–Crippen LogP) is 2.54. The van der Waals surface area contributed by atoms with Crippen molar-refractivity contribution in [2.24, 2.45) is 5.92 Å². The molecule has 3 aliphatic rings. The summed E-state index contributed by atoms with van der Waals surface area (Å²) in [7, 11) is 1.77. The van der Waals surface area contributed by atoms with Gasteiger partial charge in [0.05, 0.1) is 38.0 Å². The summed E-state index contributed by atoms with van der Waals surface area (Å²) in [6.07, 6.45) is 5.46. The van der Waals surface area contributed by atoms with Crippen LogP contribution >= 0.6 is 0 Å². The molecule has 11 nitrogen and oxygen atoms in total. The van der Waals surface area contributed by atoms with E-state index >= 15 is 0 Å². The Kier molecular flexibility index (Phi) is 11.2. The Balaban J connectivity index is 1.47. The van der Waals surface area contributed by atoms with Crippen LogP contribution in [0.1, 0.15) is 62.7 Å². The fraction of sp³-hybridized carbons (Fsp3) is 0.700. The summed E-state index contributed by atoms with van der Waals surface area (Å²) in [4.78, 5) is 44.9. The van der Waals surface area contributed by atoms with Crippen LogP contribution in [0.5, 0.6) is 5.75 Å². The van der Waals surface area contributed by atoms with Crippen LogP contribution in [0, 0.1) is 5.92 Å². The Morgan fingerprint density at radius 1 is 1.17 bits per heavy atom. The van der Waals surface area contributed by atoms with Gasteiger partial charge in [-0.05, 0) is 38.0 Å². The van der Waals surface area contributed by atoms with Gasteiger partial charge in [0, 0.05) is 57.3 Å². The lowest BCUT2D eigenvalue weighted by Crippen LogP contribution is -2.52. The summed E-state index contributed by atoms with van der Waals surface area (Å²) in [6.45, 7) is 7.95. The SMILES string of the molecule is C[C@H]1CN([C@@H](C)CO)C(=O)c2cc(NC(=O)CCN3CCOCC3)ccc2O[C@@H]1CN(C)C(=O)NC1CCCCC1. The normalized spacial score (nSPS) is 23.0. The number of urea groups is 1. The number of carbonyl (C=O) groups is 3. The van der Waals surface area contributed by atoms with E-state index in [0.717, 1.165) is 38.8 Å². The fourth-order valence-electron chi connectivity index (χ4n) is 5.71. The standard InChI is InChI=1S/C30H47N5O6/c1-21-18-35(22(2)20-36)29(38)25-17-24(31-28(37)11-12-34-13-15-40-16-14-34)9-10-26(25)41-27(21)19-33(3)30(39)32-23-7-5-4-6-8-23/h9-10,17,21-23,27,36H,4-8,11-16,18-20H2,1-3H3,(H,31,37)(H,32,39)/t21-,22-,27+/m0/s1. The second-order valence-corrected chi connectivity index (χ2v) is 11.8. The molecule has 3 N–H and O–H groups in total. The molecule has 2 heterocycles. The lowest BCUT2D eigenvalue weighted by Gasteiger charge is -2.38. The molecule has 1 saturated carbocycles. The Morgan fingerprint density at radius 3 is 2.61 bits per heavy atom. The molecule has 1 saturated heterocycles. The summed E-state index contributed by atoms with van der Waals surface area (Å²) < 4.78 is 11.8. The number of nitrogens with one attached hydrogen (secondary N) is 2. The number of hydrogen-bond acceptors (Lipinski definition) is 7. The minimum absolute atomic E-state index is 0.106. The third kappa shape index (κ3) is 8.56. The zero-order valence-corrected chi connectivity index (χ0v) is 24.8. The Bertz CT molecular complexity index is 1040. The first kappa shape index (κ1) is 31.1. The van der Waals surface area contributed by atoms with Crippen molar-refractivity contribution in [1.82, 2.24) is 20.0 Å². The maximum atomic E-state index is 13.7. The highest BCUT2D eigenvalue weighted by Crippen LogP contribution is 2.31. The van der Waals surface area contributed by atoms with Gasteiger partial charge in [0.25, 0.3) is 5.91 Å². The minimum Gasteiger partial charge on any atom is -0.487 e. The number of rotatable bonds is 9. The maximum absolute atomic E-state index is 13.7. The molecule has 0 bridgehead atoms. The van der Waals surface area contributed by atoms with Gasteiger partial charge in [-0.2, -0.15) is 0 Å². The van der Waals surface area contributed by atoms with E-state index in [2.05, 4.69) is 15.5 Å². The number of ether oxygens (including phenoxy) is 2. The largest absolute Gasteiger partial charge is 0.487 e. The van der Waals surface area contributed by atoms with Crippen molar-refractivity contribution in [1.29, 1.82) is 0 Å². The van der Waals surface area contributed by atoms with E-state index < -0.39 is 6.04 Å². The first-order chi connectivity index (χ1) is 19.7. The van der Waals surface area contributed by atoms with Crippen LogP contribution in [-0.4, -0.2) is 115 Å². The van der Waals surface area contributed by atoms with Gasteiger partial charge in [0.1, 0.15) is 11.9 Å². The zero-order valence-electron chi connectivity index (χ0n) is 24.8. The molecular weight excluding hydrogens is 526 g/mol. The van der Waals surface area contributed by atoms with E-state index in [4.69, 9.17) is 9.47 Å². The van der Waals surface area contributed by atoms with Gasteiger partial charge >= 0.3 is 6.03 Å². The van der Waals surface area contributed by atoms with E-state index in [0.29, 0.717) is 56.3 Å². The highest BCUT2D eigenvalue weighted by atomic mass is 16.5. The Hall–Kier alpha value is -2.89. The van der Waals surface area contributed by atoms with Crippen LogP contribution in [0.2, 0.25) is 0 Å². The molecule has 4 amide bonds. The quantitative estimate of drug-likeness (QED) is 0.415. The summed E-state index contributed by atoms with van der Waals surface area (Å²) in [5, 5.41) is 16.0. The topological polar surface area (TPSA) is 124 Å². The number of nitrogens with zero attached hydrogens (tertiary/aromatic N) is 3. The van der Waals surface area contributed by atoms with Gasteiger partial charge in [-0.15, -0.1) is 0 Å². The van der Waals surface area contributed by atoms with Crippen molar-refractivity contribution in [3.8, 4) is 5.75 Å². The molecule has 0 spiro atoms. The van der Waals surface area contributed by atoms with Crippen molar-refractivity contribution in [2.75, 3.05) is 64.9 Å². The van der Waals surface area contributed by atoms with Crippen LogP contribution < -0.4 is 15.4 Å². The maximum Gasteiger partial charge on any atom is 0.317 e. The smallest absolute Gasteiger partial charge is 0.317 e. The van der Waals surface area contributed by atoms with E-state index in [1.165, 1.54) is 6.42 Å². The molecule has 1 aromatic rings. The third-order valence-corrected chi connectivity index (χ3v) is 8.44. The predicted molar refractivity (Wildman–Crippen MR) is 156 cm³/mol. The highest BCUT2D eigenvalue weighted by molar-refractivity contribution is 6.00. The van der Waals surface area contributed by atoms with Crippen molar-refractivity contribution in [3.63, 3.8) is 0 Å². The second kappa shape index (κ2) is 14.8. The van der Waals surface area contributed by atoms with Crippen molar-refractivity contribution in [3.05, 3.63) is 23.8 Å². The molecule has 0 unspecified atom stereocenters. The molecule has 2 fully saturated rings. The van der Waals surface area contributed by atoms with Crippen LogP contribution in [0.3, 0.4) is 0 Å². The van der Waals surface area contributed by atoms with Crippen molar-refractivity contribution in [2.45, 2.75) is 70.6 Å². The van der Waals surface area contributed by atoms with Gasteiger partial charge in [0.2, 0.25) is 5.91 Å².